The average Bonchev–Trinajstić information content (AvgIpc) is 2.39. The number of hydrogen-bond donors (Lipinski definition) is 3. The van der Waals surface area contributed by atoms with Crippen LogP contribution >= 0.6 is 0 Å². The highest BCUT2D eigenvalue weighted by atomic mass is 16.4. The number of aromatic nitrogens is 2. The maximum Gasteiger partial charge on any atom is 0.328 e. The van der Waals surface area contributed by atoms with E-state index in [0.29, 0.717) is 11.0 Å². The highest BCUT2D eigenvalue weighted by Crippen LogP contribution is 2.23. The minimum absolute atomic E-state index is 0.0142. The van der Waals surface area contributed by atoms with Crippen LogP contribution in [0.25, 0.3) is 11.0 Å². The smallest absolute Gasteiger partial charge is 0.328 e. The van der Waals surface area contributed by atoms with E-state index in [1.807, 2.05) is 0 Å². The van der Waals surface area contributed by atoms with Crippen LogP contribution in [0.4, 0.5) is 5.82 Å². The number of para-hydroxylation sites is 2. The van der Waals surface area contributed by atoms with Gasteiger partial charge in [-0.1, -0.05) is 12.1 Å². The van der Waals surface area contributed by atoms with E-state index in [0.717, 1.165) is 4.68 Å². The summed E-state index contributed by atoms with van der Waals surface area (Å²) in [6, 6.07) is 5.41. The van der Waals surface area contributed by atoms with Gasteiger partial charge in [0, 0.05) is 6.54 Å². The molecule has 8 nitrogen and oxygen atoms in total. The minimum Gasteiger partial charge on any atom is -0.480 e. The van der Waals surface area contributed by atoms with E-state index in [9.17, 15) is 9.59 Å². The molecule has 1 fully saturated rings. The number of anilines is 1. The topological polar surface area (TPSA) is 127 Å². The summed E-state index contributed by atoms with van der Waals surface area (Å²) >= 11 is 0. The number of carboxylic acids is 1. The van der Waals surface area contributed by atoms with Crippen molar-refractivity contribution in [1.29, 1.82) is 0 Å². The van der Waals surface area contributed by atoms with Gasteiger partial charge in [-0.3, -0.25) is 4.79 Å². The quantitative estimate of drug-likeness (QED) is 0.582. The zero-order chi connectivity index (χ0) is 14.4. The van der Waals surface area contributed by atoms with Crippen molar-refractivity contribution in [2.45, 2.75) is 12.1 Å². The third-order valence-electron chi connectivity index (χ3n) is 3.45. The lowest BCUT2D eigenvalue weighted by molar-refractivity contribution is -0.140. The van der Waals surface area contributed by atoms with E-state index in [1.165, 1.54) is 4.90 Å². The summed E-state index contributed by atoms with van der Waals surface area (Å²) in [5, 5.41) is 9.12. The number of fused-ring (bicyclic) bond motifs is 1. The van der Waals surface area contributed by atoms with Crippen molar-refractivity contribution < 1.29 is 9.90 Å². The Kier molecular flexibility index (Phi) is 2.61. The van der Waals surface area contributed by atoms with Crippen LogP contribution in [0.1, 0.15) is 0 Å². The van der Waals surface area contributed by atoms with E-state index in [1.54, 1.807) is 24.3 Å². The molecule has 104 valence electrons. The molecule has 0 aliphatic carbocycles. The highest BCUT2D eigenvalue weighted by Gasteiger charge is 2.44. The van der Waals surface area contributed by atoms with Crippen molar-refractivity contribution >= 4 is 22.8 Å². The Bertz CT molecular complexity index is 756. The summed E-state index contributed by atoms with van der Waals surface area (Å²) in [6.45, 7) is 0.261. The average molecular weight is 275 g/mol. The van der Waals surface area contributed by atoms with Crippen molar-refractivity contribution in [3.63, 3.8) is 0 Å². The lowest BCUT2D eigenvalue weighted by Gasteiger charge is -2.43. The highest BCUT2D eigenvalue weighted by molar-refractivity contribution is 5.83. The Labute approximate surface area is 113 Å². The molecule has 0 bridgehead atoms. The van der Waals surface area contributed by atoms with Gasteiger partial charge in [0.15, 0.2) is 5.82 Å². The van der Waals surface area contributed by atoms with Crippen molar-refractivity contribution in [3.05, 3.63) is 34.6 Å². The SMILES string of the molecule is NC1CN(c2nc3ccccc3n(N)c2=O)C1C(=O)O. The Morgan fingerprint density at radius 1 is 1.40 bits per heavy atom. The zero-order valence-corrected chi connectivity index (χ0v) is 10.4. The molecule has 0 saturated carbocycles. The van der Waals surface area contributed by atoms with E-state index < -0.39 is 23.6 Å². The number of nitrogens with two attached hydrogens (primary N) is 2. The number of aliphatic carboxylic acids is 1. The summed E-state index contributed by atoms with van der Waals surface area (Å²) in [5.41, 5.74) is 6.13. The van der Waals surface area contributed by atoms with Gasteiger partial charge in [-0.15, -0.1) is 0 Å². The minimum atomic E-state index is -1.08. The lowest BCUT2D eigenvalue weighted by atomic mass is 9.97. The summed E-state index contributed by atoms with van der Waals surface area (Å²) in [6.07, 6.45) is 0. The maximum atomic E-state index is 12.2. The van der Waals surface area contributed by atoms with E-state index in [4.69, 9.17) is 16.7 Å². The molecule has 1 aromatic heterocycles. The molecule has 2 heterocycles. The Balaban J connectivity index is 2.16. The molecule has 0 spiro atoms. The first kappa shape index (κ1) is 12.4. The third kappa shape index (κ3) is 1.62. The Morgan fingerprint density at radius 2 is 2.10 bits per heavy atom. The van der Waals surface area contributed by atoms with Crippen LogP contribution in [0.3, 0.4) is 0 Å². The van der Waals surface area contributed by atoms with Crippen LogP contribution in [-0.2, 0) is 4.79 Å². The van der Waals surface area contributed by atoms with Gasteiger partial charge in [0.2, 0.25) is 0 Å². The first-order valence-corrected chi connectivity index (χ1v) is 6.02. The summed E-state index contributed by atoms with van der Waals surface area (Å²) in [7, 11) is 0. The van der Waals surface area contributed by atoms with Crippen LogP contribution < -0.4 is 22.0 Å². The van der Waals surface area contributed by atoms with Crippen molar-refractivity contribution in [1.82, 2.24) is 9.66 Å². The summed E-state index contributed by atoms with van der Waals surface area (Å²) in [4.78, 5) is 28.9. The molecule has 3 rings (SSSR count). The lowest BCUT2D eigenvalue weighted by Crippen LogP contribution is -2.69. The number of nitrogen functional groups attached to an aromatic ring is 1. The van der Waals surface area contributed by atoms with Crippen LogP contribution in [0.15, 0.2) is 29.1 Å². The number of benzene rings is 1. The first-order chi connectivity index (χ1) is 9.50. The molecule has 8 heteroatoms. The molecular weight excluding hydrogens is 262 g/mol. The second-order valence-electron chi connectivity index (χ2n) is 4.70. The van der Waals surface area contributed by atoms with Crippen molar-refractivity contribution in [2.24, 2.45) is 5.73 Å². The Morgan fingerprint density at radius 3 is 2.75 bits per heavy atom. The standard InChI is InChI=1S/C12H13N5O3/c13-6-5-16(9(6)12(19)20)10-11(18)17(14)8-4-2-1-3-7(8)15-10/h1-4,6,9H,5,13-14H2,(H,19,20). The van der Waals surface area contributed by atoms with Crippen LogP contribution in [-0.4, -0.2) is 39.4 Å². The second kappa shape index (κ2) is 4.20. The van der Waals surface area contributed by atoms with Gasteiger partial charge in [-0.25, -0.2) is 14.5 Å². The van der Waals surface area contributed by atoms with Gasteiger partial charge < -0.3 is 21.6 Å². The molecule has 5 N–H and O–H groups in total. The fourth-order valence-electron chi connectivity index (χ4n) is 2.40. The van der Waals surface area contributed by atoms with Gasteiger partial charge >= 0.3 is 11.5 Å². The molecule has 1 saturated heterocycles. The molecule has 20 heavy (non-hydrogen) atoms. The van der Waals surface area contributed by atoms with E-state index in [-0.39, 0.29) is 12.4 Å². The van der Waals surface area contributed by atoms with Gasteiger partial charge in [-0.05, 0) is 12.1 Å². The van der Waals surface area contributed by atoms with Gasteiger partial charge in [0.05, 0.1) is 17.1 Å². The third-order valence-corrected chi connectivity index (χ3v) is 3.45. The van der Waals surface area contributed by atoms with Crippen LogP contribution in [0.5, 0.6) is 0 Å². The zero-order valence-electron chi connectivity index (χ0n) is 10.4. The van der Waals surface area contributed by atoms with Gasteiger partial charge in [-0.2, -0.15) is 0 Å². The second-order valence-corrected chi connectivity index (χ2v) is 4.70. The van der Waals surface area contributed by atoms with Crippen LogP contribution in [0.2, 0.25) is 0 Å². The Hall–Kier alpha value is -2.61. The molecule has 0 radical (unpaired) electrons. The maximum absolute atomic E-state index is 12.2. The predicted octanol–water partition coefficient (Wildman–Crippen LogP) is -1.29. The van der Waals surface area contributed by atoms with E-state index >= 15 is 0 Å². The normalized spacial score (nSPS) is 21.8. The van der Waals surface area contributed by atoms with Gasteiger partial charge in [0.1, 0.15) is 6.04 Å². The van der Waals surface area contributed by atoms with Crippen molar-refractivity contribution in [3.8, 4) is 0 Å². The van der Waals surface area contributed by atoms with Gasteiger partial charge in [0.25, 0.3) is 0 Å². The largest absolute Gasteiger partial charge is 0.480 e. The fourth-order valence-corrected chi connectivity index (χ4v) is 2.40. The molecule has 1 aliphatic heterocycles. The molecule has 2 atom stereocenters. The molecule has 2 aromatic rings. The molecule has 1 aromatic carbocycles. The molecule has 0 amide bonds. The first-order valence-electron chi connectivity index (χ1n) is 6.02. The number of carboxylic acid groups (broad SMARTS) is 1. The van der Waals surface area contributed by atoms with Crippen molar-refractivity contribution in [2.75, 3.05) is 17.3 Å². The fraction of sp³-hybridized carbons (Fsp3) is 0.250. The number of rotatable bonds is 2. The number of nitrogens with zero attached hydrogens (tertiary/aromatic N) is 3. The monoisotopic (exact) mass is 275 g/mol. The molecule has 2 unspecified atom stereocenters. The molecule has 1 aliphatic rings. The predicted molar refractivity (Wildman–Crippen MR) is 72.9 cm³/mol. The van der Waals surface area contributed by atoms with E-state index in [2.05, 4.69) is 4.98 Å². The van der Waals surface area contributed by atoms with Crippen LogP contribution in [0, 0.1) is 0 Å². The molecular formula is C12H13N5O3. The number of hydrogen-bond acceptors (Lipinski definition) is 6. The summed E-state index contributed by atoms with van der Waals surface area (Å²) in [5.74, 6) is 4.68. The summed E-state index contributed by atoms with van der Waals surface area (Å²) < 4.78 is 0.973. The number of carbonyl (C=O) groups is 1.